The van der Waals surface area contributed by atoms with E-state index in [1.54, 1.807) is 5.56 Å². The van der Waals surface area contributed by atoms with Crippen LogP contribution in [0, 0.1) is 5.92 Å². The Morgan fingerprint density at radius 2 is 2.26 bits per heavy atom. The summed E-state index contributed by atoms with van der Waals surface area (Å²) in [6, 6.07) is 6.67. The summed E-state index contributed by atoms with van der Waals surface area (Å²) in [7, 11) is 0. The molecule has 3 nitrogen and oxygen atoms in total. The van der Waals surface area contributed by atoms with E-state index in [2.05, 4.69) is 28.8 Å². The van der Waals surface area contributed by atoms with Gasteiger partial charge >= 0.3 is 0 Å². The Morgan fingerprint density at radius 1 is 1.32 bits per heavy atom. The van der Waals surface area contributed by atoms with Gasteiger partial charge in [-0.25, -0.2) is 0 Å². The quantitative estimate of drug-likeness (QED) is 0.734. The second-order valence-electron chi connectivity index (χ2n) is 5.68. The summed E-state index contributed by atoms with van der Waals surface area (Å²) >= 11 is 0. The largest absolute Gasteiger partial charge is 0.380 e. The Labute approximate surface area is 115 Å². The molecule has 1 aromatic rings. The molecule has 0 radical (unpaired) electrons. The monoisotopic (exact) mass is 260 g/mol. The lowest BCUT2D eigenvalue weighted by Crippen LogP contribution is -2.26. The molecule has 19 heavy (non-hydrogen) atoms. The molecule has 2 N–H and O–H groups in total. The van der Waals surface area contributed by atoms with Crippen LogP contribution in [0.25, 0.3) is 0 Å². The molecule has 0 spiro atoms. The Bertz CT molecular complexity index is 415. The summed E-state index contributed by atoms with van der Waals surface area (Å²) in [5.41, 5.74) is 4.48. The van der Waals surface area contributed by atoms with E-state index in [1.165, 1.54) is 24.0 Å². The lowest BCUT2D eigenvalue weighted by atomic mass is 9.95. The maximum Gasteiger partial charge on any atom is 0.0591 e. The van der Waals surface area contributed by atoms with E-state index in [0.717, 1.165) is 51.7 Å². The molecule has 2 aliphatic rings. The van der Waals surface area contributed by atoms with Crippen LogP contribution in [0.5, 0.6) is 0 Å². The molecule has 1 aliphatic heterocycles. The molecule has 1 saturated carbocycles. The maximum atomic E-state index is 5.64. The Kier molecular flexibility index (Phi) is 4.49. The van der Waals surface area contributed by atoms with E-state index in [9.17, 15) is 0 Å². The van der Waals surface area contributed by atoms with Crippen LogP contribution in [-0.2, 0) is 24.2 Å². The summed E-state index contributed by atoms with van der Waals surface area (Å²) in [5.74, 6) is 0.869. The number of nitrogens with one attached hydrogen (secondary N) is 2. The molecular formula is C16H24N2O. The Hall–Kier alpha value is -0.900. The van der Waals surface area contributed by atoms with Gasteiger partial charge in [0, 0.05) is 26.2 Å². The first-order chi connectivity index (χ1) is 9.43. The number of rotatable bonds is 7. The zero-order valence-corrected chi connectivity index (χ0v) is 11.6. The lowest BCUT2D eigenvalue weighted by molar-refractivity contribution is 0.126. The minimum Gasteiger partial charge on any atom is -0.380 e. The highest BCUT2D eigenvalue weighted by molar-refractivity contribution is 5.36. The average Bonchev–Trinajstić information content (AvgIpc) is 3.27. The molecule has 1 fully saturated rings. The number of hydrogen-bond donors (Lipinski definition) is 2. The molecule has 0 amide bonds. The van der Waals surface area contributed by atoms with Crippen LogP contribution in [0.3, 0.4) is 0 Å². The van der Waals surface area contributed by atoms with Gasteiger partial charge < -0.3 is 15.4 Å². The average molecular weight is 260 g/mol. The van der Waals surface area contributed by atoms with Crippen molar-refractivity contribution in [3.63, 3.8) is 0 Å². The first kappa shape index (κ1) is 13.1. The SMILES string of the molecule is c1cc(CNCCOCC2CC2)c2c(c1)CNCC2. The van der Waals surface area contributed by atoms with Gasteiger partial charge in [-0.3, -0.25) is 0 Å². The fourth-order valence-corrected chi connectivity index (χ4v) is 2.68. The molecule has 0 bridgehead atoms. The van der Waals surface area contributed by atoms with Crippen molar-refractivity contribution in [2.24, 2.45) is 5.92 Å². The van der Waals surface area contributed by atoms with Crippen LogP contribution in [0.15, 0.2) is 18.2 Å². The fourth-order valence-electron chi connectivity index (χ4n) is 2.68. The van der Waals surface area contributed by atoms with Crippen molar-refractivity contribution in [2.45, 2.75) is 32.4 Å². The van der Waals surface area contributed by atoms with Gasteiger partial charge in [-0.2, -0.15) is 0 Å². The summed E-state index contributed by atoms with van der Waals surface area (Å²) in [6.45, 7) is 5.86. The van der Waals surface area contributed by atoms with Crippen molar-refractivity contribution in [2.75, 3.05) is 26.3 Å². The molecule has 0 unspecified atom stereocenters. The predicted molar refractivity (Wildman–Crippen MR) is 77.1 cm³/mol. The van der Waals surface area contributed by atoms with E-state index in [-0.39, 0.29) is 0 Å². The molecule has 1 aromatic carbocycles. The van der Waals surface area contributed by atoms with Crippen molar-refractivity contribution < 1.29 is 4.74 Å². The summed E-state index contributed by atoms with van der Waals surface area (Å²) in [5, 5.41) is 6.93. The van der Waals surface area contributed by atoms with Gasteiger partial charge in [0.1, 0.15) is 0 Å². The third kappa shape index (κ3) is 3.78. The second-order valence-corrected chi connectivity index (χ2v) is 5.68. The van der Waals surface area contributed by atoms with Gasteiger partial charge in [0.05, 0.1) is 6.61 Å². The van der Waals surface area contributed by atoms with Crippen LogP contribution >= 0.6 is 0 Å². The van der Waals surface area contributed by atoms with Gasteiger partial charge in [-0.1, -0.05) is 18.2 Å². The van der Waals surface area contributed by atoms with Crippen molar-refractivity contribution in [1.29, 1.82) is 0 Å². The standard InChI is InChI=1S/C16H24N2O/c1-2-14-10-17-7-6-16(14)15(3-1)11-18-8-9-19-12-13-4-5-13/h1-3,13,17-18H,4-12H2. The summed E-state index contributed by atoms with van der Waals surface area (Å²) in [6.07, 6.45) is 3.90. The number of fused-ring (bicyclic) bond motifs is 1. The summed E-state index contributed by atoms with van der Waals surface area (Å²) in [4.78, 5) is 0. The van der Waals surface area contributed by atoms with Crippen molar-refractivity contribution >= 4 is 0 Å². The third-order valence-electron chi connectivity index (χ3n) is 4.03. The van der Waals surface area contributed by atoms with E-state index < -0.39 is 0 Å². The van der Waals surface area contributed by atoms with Gasteiger partial charge in [0.25, 0.3) is 0 Å². The van der Waals surface area contributed by atoms with E-state index >= 15 is 0 Å². The Balaban J connectivity index is 1.41. The van der Waals surface area contributed by atoms with Crippen LogP contribution in [-0.4, -0.2) is 26.3 Å². The molecular weight excluding hydrogens is 236 g/mol. The smallest absolute Gasteiger partial charge is 0.0591 e. The van der Waals surface area contributed by atoms with E-state index in [4.69, 9.17) is 4.74 Å². The molecule has 0 atom stereocenters. The number of ether oxygens (including phenoxy) is 1. The van der Waals surface area contributed by atoms with Gasteiger partial charge in [0.15, 0.2) is 0 Å². The van der Waals surface area contributed by atoms with Gasteiger partial charge in [0.2, 0.25) is 0 Å². The molecule has 0 aromatic heterocycles. The minimum atomic E-state index is 0.840. The highest BCUT2D eigenvalue weighted by atomic mass is 16.5. The maximum absolute atomic E-state index is 5.64. The minimum absolute atomic E-state index is 0.840. The van der Waals surface area contributed by atoms with Gasteiger partial charge in [-0.15, -0.1) is 0 Å². The van der Waals surface area contributed by atoms with Crippen LogP contribution in [0.2, 0.25) is 0 Å². The molecule has 104 valence electrons. The van der Waals surface area contributed by atoms with E-state index in [0.29, 0.717) is 0 Å². The zero-order chi connectivity index (χ0) is 12.9. The topological polar surface area (TPSA) is 33.3 Å². The molecule has 3 heteroatoms. The van der Waals surface area contributed by atoms with E-state index in [1.807, 2.05) is 0 Å². The van der Waals surface area contributed by atoms with Crippen molar-refractivity contribution in [3.8, 4) is 0 Å². The number of benzene rings is 1. The predicted octanol–water partition coefficient (Wildman–Crippen LogP) is 1.85. The Morgan fingerprint density at radius 3 is 3.16 bits per heavy atom. The van der Waals surface area contributed by atoms with Crippen molar-refractivity contribution in [3.05, 3.63) is 34.9 Å². The normalized spacial score (nSPS) is 18.3. The van der Waals surface area contributed by atoms with Crippen molar-refractivity contribution in [1.82, 2.24) is 10.6 Å². The molecule has 1 aliphatic carbocycles. The number of hydrogen-bond acceptors (Lipinski definition) is 3. The third-order valence-corrected chi connectivity index (χ3v) is 4.03. The molecule has 3 rings (SSSR count). The van der Waals surface area contributed by atoms with Crippen LogP contribution in [0.4, 0.5) is 0 Å². The van der Waals surface area contributed by atoms with Gasteiger partial charge in [-0.05, 0) is 48.4 Å². The van der Waals surface area contributed by atoms with Crippen LogP contribution < -0.4 is 10.6 Å². The molecule has 1 heterocycles. The lowest BCUT2D eigenvalue weighted by Gasteiger charge is -2.20. The summed E-state index contributed by atoms with van der Waals surface area (Å²) < 4.78 is 5.64. The molecule has 0 saturated heterocycles. The highest BCUT2D eigenvalue weighted by Crippen LogP contribution is 2.28. The second kappa shape index (κ2) is 6.51. The fraction of sp³-hybridized carbons (Fsp3) is 0.625. The zero-order valence-electron chi connectivity index (χ0n) is 11.6. The highest BCUT2D eigenvalue weighted by Gasteiger charge is 2.20. The first-order valence-electron chi connectivity index (χ1n) is 7.52. The van der Waals surface area contributed by atoms with Crippen LogP contribution in [0.1, 0.15) is 29.5 Å². The first-order valence-corrected chi connectivity index (χ1v) is 7.52.